The van der Waals surface area contributed by atoms with Crippen LogP contribution < -0.4 is 15.4 Å². The number of amides is 1. The van der Waals surface area contributed by atoms with E-state index < -0.39 is 0 Å². The van der Waals surface area contributed by atoms with Crippen molar-refractivity contribution in [2.45, 2.75) is 13.5 Å². The van der Waals surface area contributed by atoms with Gasteiger partial charge < -0.3 is 15.4 Å². The van der Waals surface area contributed by atoms with Crippen molar-refractivity contribution < 1.29 is 9.53 Å². The van der Waals surface area contributed by atoms with Crippen LogP contribution >= 0.6 is 11.6 Å². The molecule has 0 fully saturated rings. The van der Waals surface area contributed by atoms with Crippen molar-refractivity contribution in [1.82, 2.24) is 15.3 Å². The van der Waals surface area contributed by atoms with E-state index in [1.54, 1.807) is 31.4 Å². The molecule has 0 saturated carbocycles. The van der Waals surface area contributed by atoms with E-state index in [1.807, 2.05) is 31.2 Å². The number of anilines is 2. The van der Waals surface area contributed by atoms with Crippen LogP contribution in [0.15, 0.2) is 54.7 Å². The first kappa shape index (κ1) is 18.7. The summed E-state index contributed by atoms with van der Waals surface area (Å²) < 4.78 is 5.29. The molecule has 138 valence electrons. The molecule has 0 spiro atoms. The number of hydrogen-bond donors (Lipinski definition) is 2. The van der Waals surface area contributed by atoms with Crippen LogP contribution in [-0.2, 0) is 6.54 Å². The summed E-state index contributed by atoms with van der Waals surface area (Å²) in [6, 6.07) is 14.7. The normalized spacial score (nSPS) is 10.3. The number of nitrogens with one attached hydrogen (secondary N) is 2. The van der Waals surface area contributed by atoms with Gasteiger partial charge in [0.25, 0.3) is 5.91 Å². The molecule has 27 heavy (non-hydrogen) atoms. The van der Waals surface area contributed by atoms with Gasteiger partial charge in [-0.25, -0.2) is 9.97 Å². The molecule has 0 aliphatic carbocycles. The van der Waals surface area contributed by atoms with E-state index in [1.165, 1.54) is 11.8 Å². The van der Waals surface area contributed by atoms with E-state index >= 15 is 0 Å². The summed E-state index contributed by atoms with van der Waals surface area (Å²) in [7, 11) is 1.56. The topological polar surface area (TPSA) is 76.1 Å². The summed E-state index contributed by atoms with van der Waals surface area (Å²) in [5, 5.41) is 6.43. The minimum Gasteiger partial charge on any atom is -0.495 e. The minimum atomic E-state index is -0.279. The highest BCUT2D eigenvalue weighted by Crippen LogP contribution is 2.29. The Kier molecular flexibility index (Phi) is 5.88. The van der Waals surface area contributed by atoms with E-state index in [9.17, 15) is 4.79 Å². The molecule has 6 nitrogen and oxygen atoms in total. The van der Waals surface area contributed by atoms with E-state index in [2.05, 4.69) is 20.6 Å². The molecule has 0 unspecified atom stereocenters. The van der Waals surface area contributed by atoms with Crippen molar-refractivity contribution in [3.8, 4) is 5.75 Å². The Morgan fingerprint density at radius 2 is 1.93 bits per heavy atom. The second kappa shape index (κ2) is 8.51. The van der Waals surface area contributed by atoms with Crippen molar-refractivity contribution in [3.05, 3.63) is 76.6 Å². The Morgan fingerprint density at radius 3 is 2.67 bits per heavy atom. The molecule has 0 radical (unpaired) electrons. The van der Waals surface area contributed by atoms with Crippen LogP contribution in [0.25, 0.3) is 0 Å². The van der Waals surface area contributed by atoms with Crippen molar-refractivity contribution in [3.63, 3.8) is 0 Å². The Balaban J connectivity index is 1.70. The molecule has 0 aliphatic heterocycles. The van der Waals surface area contributed by atoms with Crippen molar-refractivity contribution in [2.24, 2.45) is 0 Å². The quantitative estimate of drug-likeness (QED) is 0.670. The van der Waals surface area contributed by atoms with Gasteiger partial charge in [-0.2, -0.15) is 0 Å². The Bertz CT molecular complexity index is 945. The van der Waals surface area contributed by atoms with Crippen LogP contribution in [0.5, 0.6) is 5.75 Å². The van der Waals surface area contributed by atoms with Gasteiger partial charge in [0, 0.05) is 17.8 Å². The number of aryl methyl sites for hydroxylation is 1. The Hall–Kier alpha value is -3.12. The summed E-state index contributed by atoms with van der Waals surface area (Å²) in [4.78, 5) is 20.8. The third-order valence-electron chi connectivity index (χ3n) is 3.87. The molecule has 1 aromatic heterocycles. The molecule has 2 N–H and O–H groups in total. The number of halogens is 1. The predicted molar refractivity (Wildman–Crippen MR) is 106 cm³/mol. The lowest BCUT2D eigenvalue weighted by Crippen LogP contribution is -2.24. The van der Waals surface area contributed by atoms with E-state index in [-0.39, 0.29) is 17.5 Å². The molecule has 0 aliphatic rings. The molecule has 7 heteroatoms. The fraction of sp³-hybridized carbons (Fsp3) is 0.150. The zero-order chi connectivity index (χ0) is 19.2. The Morgan fingerprint density at radius 1 is 1.15 bits per heavy atom. The van der Waals surface area contributed by atoms with Crippen molar-refractivity contribution >= 4 is 29.1 Å². The van der Waals surface area contributed by atoms with Gasteiger partial charge in [0.05, 0.1) is 12.8 Å². The van der Waals surface area contributed by atoms with Gasteiger partial charge >= 0.3 is 0 Å². The van der Waals surface area contributed by atoms with Gasteiger partial charge in [0.15, 0.2) is 0 Å². The lowest BCUT2D eigenvalue weighted by molar-refractivity contribution is 0.0946. The zero-order valence-electron chi connectivity index (χ0n) is 15.0. The van der Waals surface area contributed by atoms with E-state index in [0.29, 0.717) is 23.0 Å². The number of carbonyl (C=O) groups excluding carboxylic acids is 1. The maximum absolute atomic E-state index is 12.4. The second-order valence-corrected chi connectivity index (χ2v) is 6.34. The van der Waals surface area contributed by atoms with Gasteiger partial charge in [-0.3, -0.25) is 4.79 Å². The van der Waals surface area contributed by atoms with E-state index in [0.717, 1.165) is 5.56 Å². The molecule has 3 rings (SSSR count). The number of aromatic nitrogens is 2. The SMILES string of the molecule is COc1ccc(Cl)cc1Nc1nccc(C(=O)NCc2ccc(C)cc2)n1. The monoisotopic (exact) mass is 382 g/mol. The van der Waals surface area contributed by atoms with Crippen LogP contribution in [0.1, 0.15) is 21.6 Å². The first-order valence-electron chi connectivity index (χ1n) is 8.32. The lowest BCUT2D eigenvalue weighted by atomic mass is 10.1. The number of methoxy groups -OCH3 is 1. The zero-order valence-corrected chi connectivity index (χ0v) is 15.7. The first-order chi connectivity index (χ1) is 13.0. The van der Waals surface area contributed by atoms with Crippen molar-refractivity contribution in [1.29, 1.82) is 0 Å². The summed E-state index contributed by atoms with van der Waals surface area (Å²) >= 11 is 6.03. The highest BCUT2D eigenvalue weighted by atomic mass is 35.5. The molecule has 3 aromatic rings. The number of rotatable bonds is 6. The first-order valence-corrected chi connectivity index (χ1v) is 8.70. The molecule has 1 amide bonds. The van der Waals surface area contributed by atoms with Gasteiger partial charge in [-0.05, 0) is 36.8 Å². The highest BCUT2D eigenvalue weighted by molar-refractivity contribution is 6.31. The Labute approximate surface area is 162 Å². The van der Waals surface area contributed by atoms with Crippen LogP contribution in [0.4, 0.5) is 11.6 Å². The van der Waals surface area contributed by atoms with Crippen LogP contribution in [0.2, 0.25) is 5.02 Å². The fourth-order valence-corrected chi connectivity index (χ4v) is 2.59. The van der Waals surface area contributed by atoms with Crippen LogP contribution in [0, 0.1) is 6.92 Å². The van der Waals surface area contributed by atoms with Gasteiger partial charge in [-0.15, -0.1) is 0 Å². The second-order valence-electron chi connectivity index (χ2n) is 5.90. The number of hydrogen-bond acceptors (Lipinski definition) is 5. The predicted octanol–water partition coefficient (Wildman–Crippen LogP) is 4.12. The summed E-state index contributed by atoms with van der Waals surface area (Å²) in [5.74, 6) is 0.592. The van der Waals surface area contributed by atoms with Gasteiger partial charge in [-0.1, -0.05) is 41.4 Å². The number of nitrogens with zero attached hydrogens (tertiary/aromatic N) is 2. The van der Waals surface area contributed by atoms with Crippen molar-refractivity contribution in [2.75, 3.05) is 12.4 Å². The number of ether oxygens (including phenoxy) is 1. The largest absolute Gasteiger partial charge is 0.495 e. The third-order valence-corrected chi connectivity index (χ3v) is 4.10. The molecule has 2 aromatic carbocycles. The molecular weight excluding hydrogens is 364 g/mol. The minimum absolute atomic E-state index is 0.264. The van der Waals surface area contributed by atoms with E-state index in [4.69, 9.17) is 16.3 Å². The van der Waals surface area contributed by atoms with Gasteiger partial charge in [0.2, 0.25) is 5.95 Å². The van der Waals surface area contributed by atoms with Gasteiger partial charge in [0.1, 0.15) is 11.4 Å². The third kappa shape index (κ3) is 4.95. The lowest BCUT2D eigenvalue weighted by Gasteiger charge is -2.11. The van der Waals surface area contributed by atoms with Crippen LogP contribution in [0.3, 0.4) is 0 Å². The molecular formula is C20H19ClN4O2. The summed E-state index contributed by atoms with van der Waals surface area (Å²) in [6.45, 7) is 2.45. The maximum Gasteiger partial charge on any atom is 0.270 e. The average Bonchev–Trinajstić information content (AvgIpc) is 2.68. The fourth-order valence-electron chi connectivity index (χ4n) is 2.42. The smallest absolute Gasteiger partial charge is 0.270 e. The molecule has 1 heterocycles. The standard InChI is InChI=1S/C20H19ClN4O2/c1-13-3-5-14(6-4-13)12-23-19(26)16-9-10-22-20(24-16)25-17-11-15(21)7-8-18(17)27-2/h3-11H,12H2,1-2H3,(H,23,26)(H,22,24,25). The average molecular weight is 383 g/mol. The molecule has 0 bridgehead atoms. The van der Waals surface area contributed by atoms with Crippen LogP contribution in [-0.4, -0.2) is 23.0 Å². The molecule has 0 saturated heterocycles. The summed E-state index contributed by atoms with van der Waals surface area (Å²) in [6.07, 6.45) is 1.52. The maximum atomic E-state index is 12.4. The summed E-state index contributed by atoms with van der Waals surface area (Å²) in [5.41, 5.74) is 3.07. The molecule has 0 atom stereocenters. The number of carbonyl (C=O) groups is 1. The highest BCUT2D eigenvalue weighted by Gasteiger charge is 2.11. The number of benzene rings is 2.